The third-order valence-corrected chi connectivity index (χ3v) is 3.54. The summed E-state index contributed by atoms with van der Waals surface area (Å²) in [5.74, 6) is -0.377. The van der Waals surface area contributed by atoms with Crippen molar-refractivity contribution in [2.24, 2.45) is 5.92 Å². The van der Waals surface area contributed by atoms with Crippen molar-refractivity contribution in [3.63, 3.8) is 0 Å². The zero-order chi connectivity index (χ0) is 14.4. The monoisotopic (exact) mass is 283 g/mol. The molecule has 0 amide bonds. The highest BCUT2D eigenvalue weighted by Gasteiger charge is 2.27. The van der Waals surface area contributed by atoms with Gasteiger partial charge in [-0.1, -0.05) is 30.3 Å². The first kappa shape index (κ1) is 14.9. The van der Waals surface area contributed by atoms with Crippen molar-refractivity contribution < 1.29 is 18.3 Å². The van der Waals surface area contributed by atoms with Crippen molar-refractivity contribution >= 4 is 5.97 Å². The van der Waals surface area contributed by atoms with Crippen molar-refractivity contribution in [2.45, 2.75) is 25.9 Å². The number of benzene rings is 1. The smallest absolute Gasteiger partial charge is 0.309 e. The second-order valence-electron chi connectivity index (χ2n) is 5.06. The number of carbonyl (C=O) groups is 1. The standard InChI is InChI=1S/C15H19F2NO2/c16-14(17)10-18-8-6-13(7-9-18)15(19)20-11-12-4-2-1-3-5-12/h1-5,13-14H,6-11H2. The summed E-state index contributed by atoms with van der Waals surface area (Å²) in [7, 11) is 0. The summed E-state index contributed by atoms with van der Waals surface area (Å²) >= 11 is 0. The molecule has 0 unspecified atom stereocenters. The van der Waals surface area contributed by atoms with E-state index in [1.165, 1.54) is 0 Å². The minimum Gasteiger partial charge on any atom is -0.461 e. The molecule has 1 aromatic rings. The van der Waals surface area contributed by atoms with Gasteiger partial charge < -0.3 is 4.74 Å². The van der Waals surface area contributed by atoms with E-state index in [1.54, 1.807) is 4.90 Å². The molecule has 1 aliphatic heterocycles. The van der Waals surface area contributed by atoms with Crippen LogP contribution in [-0.2, 0) is 16.1 Å². The lowest BCUT2D eigenvalue weighted by atomic mass is 9.97. The summed E-state index contributed by atoms with van der Waals surface area (Å²) in [4.78, 5) is 13.6. The molecule has 0 aromatic heterocycles. The number of rotatable bonds is 5. The van der Waals surface area contributed by atoms with Gasteiger partial charge in [0, 0.05) is 0 Å². The van der Waals surface area contributed by atoms with E-state index in [0.29, 0.717) is 25.9 Å². The Balaban J connectivity index is 1.72. The minimum atomic E-state index is -2.31. The van der Waals surface area contributed by atoms with Crippen LogP contribution in [0.1, 0.15) is 18.4 Å². The molecule has 1 fully saturated rings. The van der Waals surface area contributed by atoms with Crippen LogP contribution in [0.15, 0.2) is 30.3 Å². The molecule has 1 saturated heterocycles. The lowest BCUT2D eigenvalue weighted by Gasteiger charge is -2.30. The van der Waals surface area contributed by atoms with Crippen LogP contribution in [0.2, 0.25) is 0 Å². The number of ether oxygens (including phenoxy) is 1. The van der Waals surface area contributed by atoms with Gasteiger partial charge in [-0.05, 0) is 31.5 Å². The molecule has 0 spiro atoms. The van der Waals surface area contributed by atoms with Crippen molar-refractivity contribution in [1.29, 1.82) is 0 Å². The summed E-state index contributed by atoms with van der Waals surface area (Å²) in [6.45, 7) is 1.15. The van der Waals surface area contributed by atoms with Crippen LogP contribution in [0.4, 0.5) is 8.78 Å². The van der Waals surface area contributed by atoms with Gasteiger partial charge in [0.15, 0.2) is 0 Å². The Hall–Kier alpha value is -1.49. The van der Waals surface area contributed by atoms with E-state index in [-0.39, 0.29) is 25.0 Å². The third-order valence-electron chi connectivity index (χ3n) is 3.54. The van der Waals surface area contributed by atoms with Crippen molar-refractivity contribution in [1.82, 2.24) is 4.90 Å². The molecule has 2 rings (SSSR count). The molecule has 0 saturated carbocycles. The van der Waals surface area contributed by atoms with Gasteiger partial charge in [-0.3, -0.25) is 9.69 Å². The second kappa shape index (κ2) is 7.33. The van der Waals surface area contributed by atoms with Crippen LogP contribution in [0, 0.1) is 5.92 Å². The Kier molecular flexibility index (Phi) is 5.47. The van der Waals surface area contributed by atoms with Crippen LogP contribution in [-0.4, -0.2) is 36.9 Å². The van der Waals surface area contributed by atoms with Crippen LogP contribution in [0.5, 0.6) is 0 Å². The molecule has 1 aliphatic rings. The average molecular weight is 283 g/mol. The molecule has 5 heteroatoms. The predicted octanol–water partition coefficient (Wildman–Crippen LogP) is 2.71. The summed E-state index contributed by atoms with van der Waals surface area (Å²) < 4.78 is 29.8. The Labute approximate surface area is 117 Å². The van der Waals surface area contributed by atoms with Gasteiger partial charge in [0.1, 0.15) is 6.61 Å². The Morgan fingerprint density at radius 1 is 1.25 bits per heavy atom. The fraction of sp³-hybridized carbons (Fsp3) is 0.533. The number of nitrogens with zero attached hydrogens (tertiary/aromatic N) is 1. The number of halogens is 2. The topological polar surface area (TPSA) is 29.5 Å². The Morgan fingerprint density at radius 3 is 2.50 bits per heavy atom. The van der Waals surface area contributed by atoms with E-state index in [2.05, 4.69) is 0 Å². The maximum absolute atomic E-state index is 12.3. The third kappa shape index (κ3) is 4.56. The van der Waals surface area contributed by atoms with Crippen molar-refractivity contribution in [2.75, 3.05) is 19.6 Å². The van der Waals surface area contributed by atoms with E-state index in [4.69, 9.17) is 4.74 Å². The van der Waals surface area contributed by atoms with Crippen LogP contribution in [0.25, 0.3) is 0 Å². The van der Waals surface area contributed by atoms with Crippen LogP contribution < -0.4 is 0 Å². The number of hydrogen-bond donors (Lipinski definition) is 0. The highest BCUT2D eigenvalue weighted by atomic mass is 19.3. The molecule has 1 aromatic carbocycles. The van der Waals surface area contributed by atoms with E-state index >= 15 is 0 Å². The number of alkyl halides is 2. The van der Waals surface area contributed by atoms with Gasteiger partial charge in [-0.2, -0.15) is 0 Å². The Morgan fingerprint density at radius 2 is 1.90 bits per heavy atom. The van der Waals surface area contributed by atoms with Gasteiger partial charge in [-0.15, -0.1) is 0 Å². The quantitative estimate of drug-likeness (QED) is 0.778. The summed E-state index contributed by atoms with van der Waals surface area (Å²) in [5, 5.41) is 0. The highest BCUT2D eigenvalue weighted by molar-refractivity contribution is 5.72. The fourth-order valence-electron chi connectivity index (χ4n) is 2.39. The SMILES string of the molecule is O=C(OCc1ccccc1)C1CCN(CC(F)F)CC1. The van der Waals surface area contributed by atoms with Gasteiger partial charge in [0.25, 0.3) is 6.43 Å². The maximum atomic E-state index is 12.3. The summed E-state index contributed by atoms with van der Waals surface area (Å²) in [5.41, 5.74) is 0.955. The minimum absolute atomic E-state index is 0.160. The average Bonchev–Trinajstić information content (AvgIpc) is 2.46. The number of piperidine rings is 1. The number of esters is 1. The predicted molar refractivity (Wildman–Crippen MR) is 71.4 cm³/mol. The first-order valence-electron chi connectivity index (χ1n) is 6.86. The Bertz CT molecular complexity index is 417. The molecule has 0 radical (unpaired) electrons. The normalized spacial score (nSPS) is 17.4. The fourth-order valence-corrected chi connectivity index (χ4v) is 2.39. The molecule has 1 heterocycles. The molecule has 0 N–H and O–H groups in total. The molecule has 3 nitrogen and oxygen atoms in total. The molecular weight excluding hydrogens is 264 g/mol. The molecule has 0 bridgehead atoms. The maximum Gasteiger partial charge on any atom is 0.309 e. The first-order chi connectivity index (χ1) is 9.65. The molecular formula is C15H19F2NO2. The van der Waals surface area contributed by atoms with Crippen molar-refractivity contribution in [3.8, 4) is 0 Å². The second-order valence-corrected chi connectivity index (χ2v) is 5.06. The molecule has 110 valence electrons. The summed E-state index contributed by atoms with van der Waals surface area (Å²) in [6, 6.07) is 9.50. The van der Waals surface area contributed by atoms with E-state index in [9.17, 15) is 13.6 Å². The van der Waals surface area contributed by atoms with E-state index in [1.807, 2.05) is 30.3 Å². The summed E-state index contributed by atoms with van der Waals surface area (Å²) in [6.07, 6.45) is -1.11. The lowest BCUT2D eigenvalue weighted by molar-refractivity contribution is -0.151. The van der Waals surface area contributed by atoms with Crippen molar-refractivity contribution in [3.05, 3.63) is 35.9 Å². The molecule has 0 atom stereocenters. The van der Waals surface area contributed by atoms with Crippen LogP contribution >= 0.6 is 0 Å². The van der Waals surface area contributed by atoms with Gasteiger partial charge in [-0.25, -0.2) is 8.78 Å². The van der Waals surface area contributed by atoms with Gasteiger partial charge in [0.05, 0.1) is 12.5 Å². The first-order valence-corrected chi connectivity index (χ1v) is 6.86. The zero-order valence-electron chi connectivity index (χ0n) is 11.3. The number of hydrogen-bond acceptors (Lipinski definition) is 3. The number of carbonyl (C=O) groups excluding carboxylic acids is 1. The lowest BCUT2D eigenvalue weighted by Crippen LogP contribution is -2.39. The van der Waals surface area contributed by atoms with Gasteiger partial charge in [0.2, 0.25) is 0 Å². The highest BCUT2D eigenvalue weighted by Crippen LogP contribution is 2.19. The molecule has 20 heavy (non-hydrogen) atoms. The number of likely N-dealkylation sites (tertiary alicyclic amines) is 1. The van der Waals surface area contributed by atoms with E-state index in [0.717, 1.165) is 5.56 Å². The zero-order valence-corrected chi connectivity index (χ0v) is 11.3. The van der Waals surface area contributed by atoms with Gasteiger partial charge >= 0.3 is 5.97 Å². The molecule has 0 aliphatic carbocycles. The van der Waals surface area contributed by atoms with Crippen LogP contribution in [0.3, 0.4) is 0 Å². The largest absolute Gasteiger partial charge is 0.461 e. The van der Waals surface area contributed by atoms with E-state index < -0.39 is 6.43 Å².